The summed E-state index contributed by atoms with van der Waals surface area (Å²) >= 11 is 2.25. The summed E-state index contributed by atoms with van der Waals surface area (Å²) in [4.78, 5) is 11.3. The molecule has 3 nitrogen and oxygen atoms in total. The van der Waals surface area contributed by atoms with E-state index in [0.717, 1.165) is 33.9 Å². The smallest absolute Gasteiger partial charge is 0.150 e. The summed E-state index contributed by atoms with van der Waals surface area (Å²) in [6.45, 7) is 3.11. The Morgan fingerprint density at radius 2 is 2.15 bits per heavy atom. The van der Waals surface area contributed by atoms with Crippen LogP contribution >= 0.6 is 22.6 Å². The minimum absolute atomic E-state index is 1.03. The third-order valence-electron chi connectivity index (χ3n) is 2.33. The van der Waals surface area contributed by atoms with Crippen LogP contribution in [-0.4, -0.2) is 23.6 Å². The summed E-state index contributed by atoms with van der Waals surface area (Å²) in [6.07, 6.45) is 2.26. The summed E-state index contributed by atoms with van der Waals surface area (Å²) in [5.41, 5.74) is 2.19. The van der Waals surface area contributed by atoms with Crippen molar-refractivity contribution in [3.05, 3.63) is 15.1 Å². The number of anilines is 1. The molecule has 1 aliphatic rings. The number of aryl methyl sites for hydroxylation is 2. The second kappa shape index (κ2) is 3.40. The highest BCUT2D eigenvalue weighted by Crippen LogP contribution is 2.23. The highest BCUT2D eigenvalue weighted by Gasteiger charge is 2.17. The highest BCUT2D eigenvalue weighted by molar-refractivity contribution is 14.1. The topological polar surface area (TPSA) is 29.0 Å². The van der Waals surface area contributed by atoms with Crippen molar-refractivity contribution in [2.45, 2.75) is 19.8 Å². The van der Waals surface area contributed by atoms with Crippen molar-refractivity contribution < 1.29 is 0 Å². The average Bonchev–Trinajstić information content (AvgIpc) is 2.09. The lowest BCUT2D eigenvalue weighted by Crippen LogP contribution is -2.27. The number of hydrogen-bond donors (Lipinski definition) is 0. The Labute approximate surface area is 91.7 Å². The van der Waals surface area contributed by atoms with Gasteiger partial charge in [0.1, 0.15) is 9.52 Å². The molecule has 0 aliphatic carbocycles. The zero-order valence-electron chi connectivity index (χ0n) is 7.84. The maximum atomic E-state index is 4.55. The van der Waals surface area contributed by atoms with Gasteiger partial charge >= 0.3 is 0 Å². The largest absolute Gasteiger partial charge is 0.358 e. The van der Waals surface area contributed by atoms with E-state index in [-0.39, 0.29) is 0 Å². The Hall–Kier alpha value is -0.390. The molecule has 2 rings (SSSR count). The summed E-state index contributed by atoms with van der Waals surface area (Å²) in [6, 6.07) is 0. The quantitative estimate of drug-likeness (QED) is 0.682. The first kappa shape index (κ1) is 9.18. The number of hydrogen-bond acceptors (Lipinski definition) is 3. The van der Waals surface area contributed by atoms with Crippen LogP contribution in [0.2, 0.25) is 0 Å². The first-order valence-electron chi connectivity index (χ1n) is 4.42. The summed E-state index contributed by atoms with van der Waals surface area (Å²) < 4.78 is 1.03. The molecule has 13 heavy (non-hydrogen) atoms. The second-order valence-electron chi connectivity index (χ2n) is 3.40. The second-order valence-corrected chi connectivity index (χ2v) is 4.42. The number of halogens is 1. The van der Waals surface area contributed by atoms with E-state index in [4.69, 9.17) is 0 Å². The fourth-order valence-electron chi connectivity index (χ4n) is 1.58. The number of fused-ring (bicyclic) bond motifs is 1. The van der Waals surface area contributed by atoms with E-state index in [2.05, 4.69) is 44.5 Å². The normalized spacial score (nSPS) is 15.8. The van der Waals surface area contributed by atoms with Gasteiger partial charge in [0.15, 0.2) is 0 Å². The molecule has 0 aromatic carbocycles. The highest BCUT2D eigenvalue weighted by atomic mass is 127. The molecule has 0 spiro atoms. The maximum absolute atomic E-state index is 4.55. The van der Waals surface area contributed by atoms with Crippen LogP contribution in [0, 0.1) is 10.6 Å². The molecule has 0 fully saturated rings. The number of aromatic nitrogens is 2. The molecule has 70 valence electrons. The predicted octanol–water partition coefficient (Wildman–Crippen LogP) is 1.77. The van der Waals surface area contributed by atoms with Crippen molar-refractivity contribution in [1.82, 2.24) is 9.97 Å². The molecule has 0 saturated heterocycles. The summed E-state index contributed by atoms with van der Waals surface area (Å²) in [5, 5.41) is 0. The van der Waals surface area contributed by atoms with Crippen LogP contribution in [0.5, 0.6) is 0 Å². The van der Waals surface area contributed by atoms with Crippen LogP contribution in [-0.2, 0) is 6.42 Å². The Balaban J connectivity index is 2.52. The van der Waals surface area contributed by atoms with E-state index in [0.29, 0.717) is 0 Å². The van der Waals surface area contributed by atoms with Crippen LogP contribution in [0.1, 0.15) is 17.8 Å². The Morgan fingerprint density at radius 1 is 1.38 bits per heavy atom. The molecule has 0 atom stereocenters. The molecule has 0 N–H and O–H groups in total. The molecule has 0 amide bonds. The first-order chi connectivity index (χ1) is 6.18. The molecular weight excluding hydrogens is 277 g/mol. The number of nitrogens with zero attached hydrogens (tertiary/aromatic N) is 3. The SMILES string of the molecule is Cc1nc2c(nc1I)CCCN2C. The van der Waals surface area contributed by atoms with Crippen LogP contribution in [0.3, 0.4) is 0 Å². The van der Waals surface area contributed by atoms with E-state index >= 15 is 0 Å². The van der Waals surface area contributed by atoms with Crippen LogP contribution in [0.4, 0.5) is 5.82 Å². The lowest BCUT2D eigenvalue weighted by molar-refractivity contribution is 0.703. The van der Waals surface area contributed by atoms with E-state index < -0.39 is 0 Å². The third kappa shape index (κ3) is 1.63. The summed E-state index contributed by atoms with van der Waals surface area (Å²) in [7, 11) is 2.08. The van der Waals surface area contributed by atoms with Gasteiger partial charge in [-0.15, -0.1) is 0 Å². The maximum Gasteiger partial charge on any atom is 0.150 e. The Morgan fingerprint density at radius 3 is 2.92 bits per heavy atom. The molecule has 1 aliphatic heterocycles. The van der Waals surface area contributed by atoms with Gasteiger partial charge in [-0.3, -0.25) is 0 Å². The standard InChI is InChI=1S/C9H12IN3/c1-6-8(10)12-7-4-3-5-13(2)9(7)11-6/h3-5H2,1-2H3. The minimum atomic E-state index is 1.03. The van der Waals surface area contributed by atoms with Gasteiger partial charge in [0, 0.05) is 13.6 Å². The van der Waals surface area contributed by atoms with Gasteiger partial charge in [0.2, 0.25) is 0 Å². The molecule has 4 heteroatoms. The fraction of sp³-hybridized carbons (Fsp3) is 0.556. The van der Waals surface area contributed by atoms with Crippen molar-refractivity contribution in [3.8, 4) is 0 Å². The zero-order chi connectivity index (χ0) is 9.42. The van der Waals surface area contributed by atoms with Crippen molar-refractivity contribution in [1.29, 1.82) is 0 Å². The predicted molar refractivity (Wildman–Crippen MR) is 61.1 cm³/mol. The Bertz CT molecular complexity index is 338. The van der Waals surface area contributed by atoms with E-state index in [1.165, 1.54) is 6.42 Å². The molecule has 0 bridgehead atoms. The van der Waals surface area contributed by atoms with Crippen molar-refractivity contribution in [2.75, 3.05) is 18.5 Å². The van der Waals surface area contributed by atoms with Crippen LogP contribution in [0.25, 0.3) is 0 Å². The number of rotatable bonds is 0. The van der Waals surface area contributed by atoms with E-state index in [9.17, 15) is 0 Å². The van der Waals surface area contributed by atoms with Gasteiger partial charge in [-0.05, 0) is 42.4 Å². The van der Waals surface area contributed by atoms with Gasteiger partial charge in [0.25, 0.3) is 0 Å². The van der Waals surface area contributed by atoms with Gasteiger partial charge in [-0.25, -0.2) is 9.97 Å². The average molecular weight is 289 g/mol. The monoisotopic (exact) mass is 289 g/mol. The lowest BCUT2D eigenvalue weighted by atomic mass is 10.1. The van der Waals surface area contributed by atoms with Crippen molar-refractivity contribution in [2.24, 2.45) is 0 Å². The van der Waals surface area contributed by atoms with Gasteiger partial charge < -0.3 is 4.90 Å². The van der Waals surface area contributed by atoms with Crippen molar-refractivity contribution >= 4 is 28.4 Å². The zero-order valence-corrected chi connectivity index (χ0v) is 10.00. The van der Waals surface area contributed by atoms with Gasteiger partial charge in [0.05, 0.1) is 11.4 Å². The van der Waals surface area contributed by atoms with E-state index in [1.54, 1.807) is 0 Å². The molecule has 1 aromatic heterocycles. The fourth-order valence-corrected chi connectivity index (χ4v) is 1.99. The molecule has 0 radical (unpaired) electrons. The summed E-state index contributed by atoms with van der Waals surface area (Å²) in [5.74, 6) is 1.07. The molecule has 0 unspecified atom stereocenters. The molecule has 2 heterocycles. The van der Waals surface area contributed by atoms with Gasteiger partial charge in [-0.1, -0.05) is 0 Å². The lowest BCUT2D eigenvalue weighted by Gasteiger charge is -2.25. The minimum Gasteiger partial charge on any atom is -0.358 e. The van der Waals surface area contributed by atoms with Crippen molar-refractivity contribution in [3.63, 3.8) is 0 Å². The molecule has 1 aromatic rings. The Kier molecular flexibility index (Phi) is 2.40. The van der Waals surface area contributed by atoms with E-state index in [1.807, 2.05) is 6.92 Å². The van der Waals surface area contributed by atoms with Crippen LogP contribution in [0.15, 0.2) is 0 Å². The first-order valence-corrected chi connectivity index (χ1v) is 5.50. The molecular formula is C9H12IN3. The van der Waals surface area contributed by atoms with Crippen LogP contribution < -0.4 is 4.90 Å². The van der Waals surface area contributed by atoms with Gasteiger partial charge in [-0.2, -0.15) is 0 Å². The molecule has 0 saturated carbocycles. The third-order valence-corrected chi connectivity index (χ3v) is 3.35.